The van der Waals surface area contributed by atoms with Gasteiger partial charge >= 0.3 is 59.3 Å². The maximum atomic E-state index is 9.63. The van der Waals surface area contributed by atoms with E-state index < -0.39 is 0 Å². The van der Waals surface area contributed by atoms with E-state index in [-0.39, 0.29) is 15.3 Å². The molecule has 0 saturated heterocycles. The average Bonchev–Trinajstić information content (AvgIpc) is 1.91. The van der Waals surface area contributed by atoms with Gasteiger partial charge in [0.2, 0.25) is 0 Å². The first kappa shape index (κ1) is 6.77. The van der Waals surface area contributed by atoms with Crippen LogP contribution >= 0.6 is 0 Å². The zero-order valence-corrected chi connectivity index (χ0v) is 6.32. The molecular formula is C6H5O2Se. The zero-order valence-electron chi connectivity index (χ0n) is 4.61. The molecule has 1 aromatic rings. The third kappa shape index (κ3) is 2.16. The number of benzene rings is 1. The second kappa shape index (κ2) is 3.64. The predicted octanol–water partition coefficient (Wildman–Crippen LogP) is 0.293. The first-order valence-corrected chi connectivity index (χ1v) is 4.00. The molecule has 3 heteroatoms. The molecule has 0 aliphatic rings. The topological polar surface area (TPSA) is 29.1 Å². The molecule has 0 atom stereocenters. The third-order valence-corrected chi connectivity index (χ3v) is 1.99. The Kier molecular flexibility index (Phi) is 2.74. The first-order valence-electron chi connectivity index (χ1n) is 2.45. The molecule has 0 unspecified atom stereocenters. The minimum absolute atomic E-state index is 0.346. The molecule has 0 heterocycles. The molecule has 0 bridgehead atoms. The van der Waals surface area contributed by atoms with Crippen molar-refractivity contribution in [2.75, 3.05) is 0 Å². The van der Waals surface area contributed by atoms with Crippen molar-refractivity contribution in [1.29, 1.82) is 0 Å². The summed E-state index contributed by atoms with van der Waals surface area (Å²) < 4.78 is 4.71. The number of hydrogen-bond donors (Lipinski definition) is 0. The Balaban J connectivity index is 2.61. The second-order valence-electron chi connectivity index (χ2n) is 1.46. The average molecular weight is 188 g/mol. The van der Waals surface area contributed by atoms with Gasteiger partial charge in [0.15, 0.2) is 0 Å². The van der Waals surface area contributed by atoms with Crippen LogP contribution in [-0.2, 0) is 9.23 Å². The van der Waals surface area contributed by atoms with Crippen LogP contribution < -0.4 is 4.46 Å². The number of hydrogen-bond acceptors (Lipinski definition) is 1. The van der Waals surface area contributed by atoms with E-state index in [2.05, 4.69) is 3.97 Å². The summed E-state index contributed by atoms with van der Waals surface area (Å²) in [6, 6.07) is 9.42. The molecule has 1 aromatic carbocycles. The van der Waals surface area contributed by atoms with Crippen molar-refractivity contribution in [3.05, 3.63) is 30.3 Å². The van der Waals surface area contributed by atoms with Gasteiger partial charge in [0.1, 0.15) is 0 Å². The summed E-state index contributed by atoms with van der Waals surface area (Å²) in [6.45, 7) is 0. The molecule has 0 aliphatic heterocycles. The van der Waals surface area contributed by atoms with E-state index in [0.717, 1.165) is 4.46 Å². The van der Waals surface area contributed by atoms with Crippen LogP contribution in [0.4, 0.5) is 0 Å². The van der Waals surface area contributed by atoms with E-state index in [1.165, 1.54) is 0 Å². The van der Waals surface area contributed by atoms with Crippen LogP contribution in [-0.4, -0.2) is 15.3 Å². The van der Waals surface area contributed by atoms with Crippen LogP contribution in [0.3, 0.4) is 0 Å². The molecular weight excluding hydrogens is 183 g/mol. The van der Waals surface area contributed by atoms with Crippen molar-refractivity contribution < 1.29 is 9.23 Å². The van der Waals surface area contributed by atoms with Gasteiger partial charge in [0.25, 0.3) is 0 Å². The summed E-state index contributed by atoms with van der Waals surface area (Å²) in [5.74, 6) is 0. The van der Waals surface area contributed by atoms with Crippen LogP contribution in [0.15, 0.2) is 30.3 Å². The van der Waals surface area contributed by atoms with Crippen molar-refractivity contribution in [3.63, 3.8) is 0 Å². The Morgan fingerprint density at radius 1 is 1.22 bits per heavy atom. The molecule has 1 radical (unpaired) electrons. The van der Waals surface area contributed by atoms with Gasteiger partial charge in [-0.15, -0.1) is 0 Å². The molecule has 2 nitrogen and oxygen atoms in total. The van der Waals surface area contributed by atoms with Crippen molar-refractivity contribution in [1.82, 2.24) is 0 Å². The molecule has 0 aliphatic carbocycles. The molecule has 0 aromatic heterocycles. The van der Waals surface area contributed by atoms with Crippen LogP contribution in [0, 0.1) is 0 Å². The van der Waals surface area contributed by atoms with E-state index in [1.54, 1.807) is 0 Å². The zero-order chi connectivity index (χ0) is 6.53. The Morgan fingerprint density at radius 2 is 1.89 bits per heavy atom. The molecule has 1 rings (SSSR count). The SMILES string of the molecule is [O]O[Se]c1ccccc1. The van der Waals surface area contributed by atoms with Crippen LogP contribution in [0.1, 0.15) is 0 Å². The van der Waals surface area contributed by atoms with Gasteiger partial charge in [-0.1, -0.05) is 0 Å². The summed E-state index contributed by atoms with van der Waals surface area (Å²) >= 11 is -0.346. The van der Waals surface area contributed by atoms with Crippen LogP contribution in [0.2, 0.25) is 0 Å². The Labute approximate surface area is 59.9 Å². The van der Waals surface area contributed by atoms with Gasteiger partial charge in [0.05, 0.1) is 0 Å². The quantitative estimate of drug-likeness (QED) is 0.372. The molecule has 0 fully saturated rings. The van der Waals surface area contributed by atoms with Crippen molar-refractivity contribution >= 4 is 19.7 Å². The maximum absolute atomic E-state index is 9.63. The van der Waals surface area contributed by atoms with Gasteiger partial charge < -0.3 is 0 Å². The van der Waals surface area contributed by atoms with E-state index in [4.69, 9.17) is 0 Å². The van der Waals surface area contributed by atoms with Gasteiger partial charge in [-0.2, -0.15) is 0 Å². The van der Waals surface area contributed by atoms with E-state index in [0.29, 0.717) is 0 Å². The molecule has 47 valence electrons. The Hall–Kier alpha value is -0.341. The van der Waals surface area contributed by atoms with Gasteiger partial charge in [-0.3, -0.25) is 0 Å². The van der Waals surface area contributed by atoms with Gasteiger partial charge in [0, 0.05) is 0 Å². The van der Waals surface area contributed by atoms with Crippen molar-refractivity contribution in [2.24, 2.45) is 0 Å². The number of rotatable bonds is 2. The summed E-state index contributed by atoms with van der Waals surface area (Å²) in [5, 5.41) is 9.63. The molecule has 0 spiro atoms. The Morgan fingerprint density at radius 3 is 2.44 bits per heavy atom. The second-order valence-corrected chi connectivity index (χ2v) is 3.09. The van der Waals surface area contributed by atoms with E-state index >= 15 is 0 Å². The third-order valence-electron chi connectivity index (χ3n) is 0.873. The monoisotopic (exact) mass is 189 g/mol. The van der Waals surface area contributed by atoms with Crippen molar-refractivity contribution in [2.45, 2.75) is 0 Å². The summed E-state index contributed by atoms with van der Waals surface area (Å²) in [4.78, 5) is 0. The first-order chi connectivity index (χ1) is 4.43. The fourth-order valence-corrected chi connectivity index (χ4v) is 1.24. The summed E-state index contributed by atoms with van der Waals surface area (Å²) in [6.07, 6.45) is 0. The fraction of sp³-hybridized carbons (Fsp3) is 0. The Bertz CT molecular complexity index is 164. The van der Waals surface area contributed by atoms with E-state index in [1.807, 2.05) is 30.3 Å². The molecule has 0 N–H and O–H groups in total. The molecule has 0 amide bonds. The molecule has 9 heavy (non-hydrogen) atoms. The molecule has 0 saturated carbocycles. The standard InChI is InChI=1S/C6H5O2Se/c7-8-9-6-4-2-1-3-5-6/h1-5H. The summed E-state index contributed by atoms with van der Waals surface area (Å²) in [7, 11) is 0. The van der Waals surface area contributed by atoms with Crippen molar-refractivity contribution in [3.8, 4) is 0 Å². The van der Waals surface area contributed by atoms with Crippen LogP contribution in [0.5, 0.6) is 0 Å². The van der Waals surface area contributed by atoms with Gasteiger partial charge in [-0.05, 0) is 0 Å². The summed E-state index contributed by atoms with van der Waals surface area (Å²) in [5.41, 5.74) is 0. The predicted molar refractivity (Wildman–Crippen MR) is 33.6 cm³/mol. The van der Waals surface area contributed by atoms with Gasteiger partial charge in [-0.25, -0.2) is 0 Å². The van der Waals surface area contributed by atoms with E-state index in [9.17, 15) is 5.26 Å². The minimum atomic E-state index is -0.346. The van der Waals surface area contributed by atoms with Crippen LogP contribution in [0.25, 0.3) is 0 Å². The normalized spacial score (nSPS) is 9.44. The fourth-order valence-electron chi connectivity index (χ4n) is 0.515.